The topological polar surface area (TPSA) is 62.5 Å². The molecule has 2 aliphatic rings. The highest BCUT2D eigenvalue weighted by Crippen LogP contribution is 2.24. The number of hydrogen-bond acceptors (Lipinski definition) is 5. The van der Waals surface area contributed by atoms with Gasteiger partial charge in [0.2, 0.25) is 0 Å². The van der Waals surface area contributed by atoms with Gasteiger partial charge in [-0.2, -0.15) is 0 Å². The van der Waals surface area contributed by atoms with Gasteiger partial charge in [-0.15, -0.1) is 0 Å². The number of morpholine rings is 1. The summed E-state index contributed by atoms with van der Waals surface area (Å²) in [5.41, 5.74) is 1.35. The summed E-state index contributed by atoms with van der Waals surface area (Å²) in [5.74, 6) is 1.95. The minimum atomic E-state index is 0.216. The Bertz CT molecular complexity index is 812. The van der Waals surface area contributed by atoms with Crippen molar-refractivity contribution in [2.24, 2.45) is 4.99 Å². The summed E-state index contributed by atoms with van der Waals surface area (Å²) < 4.78 is 17.1. The van der Waals surface area contributed by atoms with Crippen LogP contribution in [0.4, 0.5) is 0 Å². The van der Waals surface area contributed by atoms with Crippen LogP contribution in [0.1, 0.15) is 24.7 Å². The molecule has 2 aliphatic heterocycles. The van der Waals surface area contributed by atoms with Gasteiger partial charge >= 0.3 is 0 Å². The van der Waals surface area contributed by atoms with Crippen molar-refractivity contribution in [3.63, 3.8) is 0 Å². The average Bonchev–Trinajstić information content (AvgIpc) is 3.49. The van der Waals surface area contributed by atoms with Crippen LogP contribution in [-0.4, -0.2) is 80.4 Å². The smallest absolute Gasteiger partial charge is 0.194 e. The molecule has 0 spiro atoms. The van der Waals surface area contributed by atoms with Crippen molar-refractivity contribution in [2.45, 2.75) is 38.5 Å². The van der Waals surface area contributed by atoms with Gasteiger partial charge in [0.15, 0.2) is 5.96 Å². The van der Waals surface area contributed by atoms with Crippen LogP contribution in [0.15, 0.2) is 58.1 Å². The Morgan fingerprint density at radius 3 is 2.91 bits per heavy atom. The van der Waals surface area contributed by atoms with E-state index < -0.39 is 0 Å². The second-order valence-electron chi connectivity index (χ2n) is 8.35. The molecule has 7 heteroatoms. The van der Waals surface area contributed by atoms with Crippen molar-refractivity contribution < 1.29 is 13.9 Å². The predicted molar refractivity (Wildman–Crippen MR) is 126 cm³/mol. The van der Waals surface area contributed by atoms with Gasteiger partial charge in [0, 0.05) is 58.9 Å². The van der Waals surface area contributed by atoms with Crippen LogP contribution in [0.2, 0.25) is 0 Å². The third-order valence-electron chi connectivity index (χ3n) is 6.09. The van der Waals surface area contributed by atoms with Gasteiger partial charge < -0.3 is 24.1 Å². The second-order valence-corrected chi connectivity index (χ2v) is 8.35. The molecule has 0 amide bonds. The highest BCUT2D eigenvalue weighted by Gasteiger charge is 2.41. The van der Waals surface area contributed by atoms with Crippen molar-refractivity contribution >= 4 is 5.96 Å². The summed E-state index contributed by atoms with van der Waals surface area (Å²) in [4.78, 5) is 9.84. The summed E-state index contributed by atoms with van der Waals surface area (Å²) in [5, 5.41) is 3.57. The van der Waals surface area contributed by atoms with E-state index in [2.05, 4.69) is 45.4 Å². The number of benzene rings is 1. The van der Waals surface area contributed by atoms with Crippen LogP contribution >= 0.6 is 0 Å². The largest absolute Gasteiger partial charge is 0.469 e. The maximum atomic E-state index is 6.17. The van der Waals surface area contributed by atoms with Crippen LogP contribution in [0.25, 0.3) is 0 Å². The monoisotopic (exact) mass is 440 g/mol. The first-order valence-corrected chi connectivity index (χ1v) is 11.9. The normalized spacial score (nSPS) is 21.7. The highest BCUT2D eigenvalue weighted by molar-refractivity contribution is 5.80. The zero-order valence-corrected chi connectivity index (χ0v) is 19.1. The summed E-state index contributed by atoms with van der Waals surface area (Å²) in [6, 6.07) is 15.0. The molecule has 2 fully saturated rings. The van der Waals surface area contributed by atoms with E-state index in [0.29, 0.717) is 6.04 Å². The SMILES string of the molecule is CCOCCCN=C(NCCc1ccco1)N1CC2OCCN(Cc3ccccc3)C2C1. The number of aliphatic imine (C=N–C) groups is 1. The Kier molecular flexibility index (Phi) is 8.59. The van der Waals surface area contributed by atoms with Crippen molar-refractivity contribution in [2.75, 3.05) is 52.5 Å². The van der Waals surface area contributed by atoms with Gasteiger partial charge in [-0.05, 0) is 31.0 Å². The van der Waals surface area contributed by atoms with Crippen molar-refractivity contribution in [1.82, 2.24) is 15.1 Å². The maximum Gasteiger partial charge on any atom is 0.194 e. The lowest BCUT2D eigenvalue weighted by Gasteiger charge is -2.36. The summed E-state index contributed by atoms with van der Waals surface area (Å²) in [6.45, 7) is 9.58. The van der Waals surface area contributed by atoms with E-state index in [0.717, 1.165) is 83.7 Å². The number of nitrogens with one attached hydrogen (secondary N) is 1. The lowest BCUT2D eigenvalue weighted by Crippen LogP contribution is -2.50. The predicted octanol–water partition coefficient (Wildman–Crippen LogP) is 2.78. The molecular weight excluding hydrogens is 404 g/mol. The molecule has 7 nitrogen and oxygen atoms in total. The lowest BCUT2D eigenvalue weighted by molar-refractivity contribution is -0.0502. The van der Waals surface area contributed by atoms with Gasteiger partial charge in [-0.25, -0.2) is 0 Å². The fourth-order valence-electron chi connectivity index (χ4n) is 4.46. The minimum absolute atomic E-state index is 0.216. The molecule has 2 unspecified atom stereocenters. The summed E-state index contributed by atoms with van der Waals surface area (Å²) >= 11 is 0. The molecule has 0 aliphatic carbocycles. The molecule has 1 aromatic heterocycles. The maximum absolute atomic E-state index is 6.17. The highest BCUT2D eigenvalue weighted by atomic mass is 16.5. The minimum Gasteiger partial charge on any atom is -0.469 e. The molecule has 32 heavy (non-hydrogen) atoms. The molecular formula is C25H36N4O3. The number of guanidine groups is 1. The fraction of sp³-hybridized carbons (Fsp3) is 0.560. The van der Waals surface area contributed by atoms with E-state index in [1.54, 1.807) is 6.26 Å². The first-order valence-electron chi connectivity index (χ1n) is 11.9. The molecule has 4 rings (SSSR count). The zero-order chi connectivity index (χ0) is 22.0. The number of furan rings is 1. The Morgan fingerprint density at radius 2 is 2.09 bits per heavy atom. The standard InChI is InChI=1S/C25H36N4O3/c1-2-30-15-7-12-26-25(27-13-11-22-10-6-16-31-22)29-19-23-24(20-29)32-17-14-28(23)18-21-8-4-3-5-9-21/h3-6,8-10,16,23-24H,2,7,11-15,17-20H2,1H3,(H,26,27). The lowest BCUT2D eigenvalue weighted by atomic mass is 10.1. The number of ether oxygens (including phenoxy) is 2. The van der Waals surface area contributed by atoms with E-state index >= 15 is 0 Å². The van der Waals surface area contributed by atoms with E-state index in [1.807, 2.05) is 19.1 Å². The second kappa shape index (κ2) is 12.0. The molecule has 0 saturated carbocycles. The van der Waals surface area contributed by atoms with Gasteiger partial charge in [-0.1, -0.05) is 30.3 Å². The molecule has 0 bridgehead atoms. The number of nitrogens with zero attached hydrogens (tertiary/aromatic N) is 3. The number of rotatable bonds is 10. The first-order chi connectivity index (χ1) is 15.8. The molecule has 2 atom stereocenters. The van der Waals surface area contributed by atoms with Crippen LogP contribution in [-0.2, 0) is 22.4 Å². The Morgan fingerprint density at radius 1 is 1.19 bits per heavy atom. The van der Waals surface area contributed by atoms with Crippen LogP contribution in [0.3, 0.4) is 0 Å². The molecule has 2 saturated heterocycles. The number of fused-ring (bicyclic) bond motifs is 1. The van der Waals surface area contributed by atoms with E-state index in [-0.39, 0.29) is 6.10 Å². The van der Waals surface area contributed by atoms with Crippen molar-refractivity contribution in [3.8, 4) is 0 Å². The van der Waals surface area contributed by atoms with Gasteiger partial charge in [0.05, 0.1) is 25.0 Å². The molecule has 174 valence electrons. The van der Waals surface area contributed by atoms with Crippen molar-refractivity contribution in [3.05, 3.63) is 60.1 Å². The molecule has 0 radical (unpaired) electrons. The van der Waals surface area contributed by atoms with Gasteiger partial charge in [0.25, 0.3) is 0 Å². The Hall–Kier alpha value is -2.35. The van der Waals surface area contributed by atoms with Crippen molar-refractivity contribution in [1.29, 1.82) is 0 Å². The summed E-state index contributed by atoms with van der Waals surface area (Å²) in [6.07, 6.45) is 3.70. The first kappa shape index (κ1) is 22.8. The van der Waals surface area contributed by atoms with Gasteiger partial charge in [0.1, 0.15) is 5.76 Å². The fourth-order valence-corrected chi connectivity index (χ4v) is 4.46. The number of hydrogen-bond donors (Lipinski definition) is 1. The third-order valence-corrected chi connectivity index (χ3v) is 6.09. The number of likely N-dealkylation sites (tertiary alicyclic amines) is 1. The van der Waals surface area contributed by atoms with E-state index in [9.17, 15) is 0 Å². The average molecular weight is 441 g/mol. The van der Waals surface area contributed by atoms with Crippen LogP contribution in [0.5, 0.6) is 0 Å². The molecule has 1 N–H and O–H groups in total. The molecule has 3 heterocycles. The van der Waals surface area contributed by atoms with E-state index in [1.165, 1.54) is 5.56 Å². The van der Waals surface area contributed by atoms with E-state index in [4.69, 9.17) is 18.9 Å². The van der Waals surface area contributed by atoms with Crippen LogP contribution in [0, 0.1) is 0 Å². The van der Waals surface area contributed by atoms with Crippen LogP contribution < -0.4 is 5.32 Å². The quantitative estimate of drug-likeness (QED) is 0.348. The Balaban J connectivity index is 1.37. The summed E-state index contributed by atoms with van der Waals surface area (Å²) in [7, 11) is 0. The zero-order valence-electron chi connectivity index (χ0n) is 19.1. The molecule has 1 aromatic carbocycles. The van der Waals surface area contributed by atoms with Gasteiger partial charge in [-0.3, -0.25) is 9.89 Å². The Labute approximate surface area is 191 Å². The third kappa shape index (κ3) is 6.34. The molecule has 2 aromatic rings.